The Morgan fingerprint density at radius 2 is 1.88 bits per heavy atom. The number of imide groups is 1. The number of hydrogen-bond donors (Lipinski definition) is 1. The number of allylic oxidation sites excluding steroid dienone is 1. The molecular weight excluding hydrogens is 421 g/mol. The first-order valence-electron chi connectivity index (χ1n) is 7.87. The van der Waals surface area contributed by atoms with Crippen LogP contribution in [0.1, 0.15) is 16.7 Å². The molecule has 4 bridgehead atoms. The van der Waals surface area contributed by atoms with Crippen molar-refractivity contribution in [3.8, 4) is 0 Å². The first kappa shape index (κ1) is 14.6. The van der Waals surface area contributed by atoms with Crippen LogP contribution >= 0.6 is 11.8 Å². The van der Waals surface area contributed by atoms with E-state index in [-0.39, 0.29) is 11.1 Å². The van der Waals surface area contributed by atoms with Crippen molar-refractivity contribution in [2.75, 3.05) is 0 Å². The molecule has 2 amide bonds. The zero-order valence-electron chi connectivity index (χ0n) is 12.7. The number of fused-ring (bicyclic) bond motifs is 1. The molecule has 114 valence electrons. The summed E-state index contributed by atoms with van der Waals surface area (Å²) in [5.41, 5.74) is 3.79. The molecule has 5 heteroatoms. The third kappa shape index (κ3) is 2.15. The summed E-state index contributed by atoms with van der Waals surface area (Å²) in [6.07, 6.45) is 3.28. The quantitative estimate of drug-likeness (QED) is 0.742. The molecule has 3 nitrogen and oxygen atoms in total. The van der Waals surface area contributed by atoms with Gasteiger partial charge in [0.2, 0.25) is 0 Å². The molecule has 0 aromatic heterocycles. The second-order valence-electron chi connectivity index (χ2n) is 6.24. The third-order valence-corrected chi connectivity index (χ3v) is 16.2. The minimum atomic E-state index is -2.45. The average Bonchev–Trinajstić information content (AvgIpc) is 3.07. The number of benzene rings is 2. The van der Waals surface area contributed by atoms with Crippen molar-refractivity contribution in [2.45, 2.75) is 6.42 Å². The van der Waals surface area contributed by atoms with Gasteiger partial charge in [-0.3, -0.25) is 0 Å². The van der Waals surface area contributed by atoms with Gasteiger partial charge < -0.3 is 0 Å². The summed E-state index contributed by atoms with van der Waals surface area (Å²) in [5, 5.41) is 2.17. The molecule has 4 aliphatic heterocycles. The van der Waals surface area contributed by atoms with Gasteiger partial charge in [-0.15, -0.1) is 0 Å². The van der Waals surface area contributed by atoms with E-state index in [0.29, 0.717) is 4.91 Å². The van der Waals surface area contributed by atoms with Crippen molar-refractivity contribution in [1.82, 2.24) is 5.32 Å². The second-order valence-corrected chi connectivity index (χ2v) is 15.2. The SMILES string of the molecule is O=C1NC(=O)/C(=[C]2\c3cc[c]4c(c3)C=[C](Cc3ccccc3)[In]24)S1. The van der Waals surface area contributed by atoms with Gasteiger partial charge in [-0.1, -0.05) is 0 Å². The average molecular weight is 433 g/mol. The molecule has 2 aromatic rings. The number of amides is 2. The number of carbonyl (C=O) groups is 2. The molecule has 0 spiro atoms. The molecule has 2 aromatic carbocycles. The Morgan fingerprint density at radius 1 is 1.04 bits per heavy atom. The van der Waals surface area contributed by atoms with Crippen LogP contribution < -0.4 is 8.64 Å². The topological polar surface area (TPSA) is 46.2 Å². The molecule has 0 unspecified atom stereocenters. The van der Waals surface area contributed by atoms with E-state index in [0.717, 1.165) is 23.7 Å². The van der Waals surface area contributed by atoms with Crippen molar-refractivity contribution in [1.29, 1.82) is 0 Å². The van der Waals surface area contributed by atoms with Crippen molar-refractivity contribution < 1.29 is 9.59 Å². The summed E-state index contributed by atoms with van der Waals surface area (Å²) in [6, 6.07) is 17.0. The zero-order chi connectivity index (χ0) is 16.3. The number of thioether (sulfide) groups is 1. The Labute approximate surface area is 151 Å². The molecule has 0 aliphatic carbocycles. The molecule has 0 radical (unpaired) electrons. The Morgan fingerprint density at radius 3 is 2.62 bits per heavy atom. The van der Waals surface area contributed by atoms with Crippen LogP contribution in [0, 0.1) is 0 Å². The summed E-state index contributed by atoms with van der Waals surface area (Å²) in [6.45, 7) is 0. The van der Waals surface area contributed by atoms with Gasteiger partial charge in [0.25, 0.3) is 0 Å². The van der Waals surface area contributed by atoms with Crippen LogP contribution in [0.5, 0.6) is 0 Å². The van der Waals surface area contributed by atoms with E-state index in [1.807, 2.05) is 6.07 Å². The Kier molecular flexibility index (Phi) is 3.28. The Balaban J connectivity index is 1.63. The maximum absolute atomic E-state index is 12.2. The number of hydrogen-bond acceptors (Lipinski definition) is 3. The van der Waals surface area contributed by atoms with Crippen molar-refractivity contribution >= 4 is 57.1 Å². The normalized spacial score (nSPS) is 20.7. The summed E-state index contributed by atoms with van der Waals surface area (Å²) >= 11 is -1.37. The molecule has 1 saturated heterocycles. The molecule has 4 aliphatic rings. The van der Waals surface area contributed by atoms with Gasteiger partial charge >= 0.3 is 152 Å². The molecule has 4 heterocycles. The molecule has 0 saturated carbocycles. The minimum absolute atomic E-state index is 0.216. The van der Waals surface area contributed by atoms with Gasteiger partial charge in [-0.2, -0.15) is 0 Å². The summed E-state index contributed by atoms with van der Waals surface area (Å²) < 4.78 is 4.15. The van der Waals surface area contributed by atoms with Gasteiger partial charge in [-0.05, 0) is 0 Å². The third-order valence-electron chi connectivity index (χ3n) is 4.82. The van der Waals surface area contributed by atoms with Crippen LogP contribution in [0.25, 0.3) is 9.41 Å². The number of carbonyl (C=O) groups excluding carboxylic acids is 2. The van der Waals surface area contributed by atoms with Crippen LogP contribution in [0.4, 0.5) is 4.79 Å². The van der Waals surface area contributed by atoms with Gasteiger partial charge in [0, 0.05) is 0 Å². The molecule has 0 atom stereocenters. The molecule has 6 rings (SSSR count). The van der Waals surface area contributed by atoms with E-state index in [2.05, 4.69) is 53.9 Å². The molecule has 1 fully saturated rings. The molecular formula is C19H12InNO2S. The summed E-state index contributed by atoms with van der Waals surface area (Å²) in [5.74, 6) is -0.216. The maximum atomic E-state index is 12.2. The van der Waals surface area contributed by atoms with Crippen LogP contribution in [0.15, 0.2) is 56.8 Å². The molecule has 1 N–H and O–H groups in total. The summed E-state index contributed by atoms with van der Waals surface area (Å²) in [4.78, 5) is 24.5. The van der Waals surface area contributed by atoms with Crippen LogP contribution in [-0.2, 0) is 11.2 Å². The first-order chi connectivity index (χ1) is 11.7. The zero-order valence-corrected chi connectivity index (χ0v) is 16.8. The molecule has 24 heavy (non-hydrogen) atoms. The van der Waals surface area contributed by atoms with Gasteiger partial charge in [0.1, 0.15) is 0 Å². The fraction of sp³-hybridized carbons (Fsp3) is 0.0526. The predicted octanol–water partition coefficient (Wildman–Crippen LogP) is 2.81. The summed E-state index contributed by atoms with van der Waals surface area (Å²) in [7, 11) is 0. The standard InChI is InChI=1S/C19H12NO2S.In/c21-18-17(23-19(22)20-18)13-16-11-5-10-15(12-16)9-4-8-14-6-2-1-3-7-14;/h1-3,5-7,9,11-12H,8H2,(H,20,21,22);. The monoisotopic (exact) mass is 433 g/mol. The van der Waals surface area contributed by atoms with E-state index in [4.69, 9.17) is 0 Å². The number of nitrogens with one attached hydrogen (secondary N) is 1. The van der Waals surface area contributed by atoms with Crippen molar-refractivity contribution in [3.05, 3.63) is 73.5 Å². The van der Waals surface area contributed by atoms with E-state index < -0.39 is 21.4 Å². The van der Waals surface area contributed by atoms with Crippen LogP contribution in [-0.4, -0.2) is 32.6 Å². The van der Waals surface area contributed by atoms with Crippen molar-refractivity contribution in [2.24, 2.45) is 0 Å². The second kappa shape index (κ2) is 5.39. The van der Waals surface area contributed by atoms with Gasteiger partial charge in [-0.25, -0.2) is 0 Å². The van der Waals surface area contributed by atoms with Crippen molar-refractivity contribution in [3.63, 3.8) is 0 Å². The Bertz CT molecular complexity index is 978. The van der Waals surface area contributed by atoms with Crippen LogP contribution in [0.2, 0.25) is 0 Å². The van der Waals surface area contributed by atoms with Gasteiger partial charge in [0.15, 0.2) is 0 Å². The van der Waals surface area contributed by atoms with Gasteiger partial charge in [0.05, 0.1) is 0 Å². The van der Waals surface area contributed by atoms with Crippen LogP contribution in [0.3, 0.4) is 0 Å². The first-order valence-corrected chi connectivity index (χ1v) is 13.6. The van der Waals surface area contributed by atoms with E-state index in [9.17, 15) is 9.59 Å². The van der Waals surface area contributed by atoms with E-state index in [1.54, 1.807) is 0 Å². The van der Waals surface area contributed by atoms with E-state index >= 15 is 0 Å². The van der Waals surface area contributed by atoms with E-state index in [1.165, 1.54) is 21.1 Å². The number of rotatable bonds is 2. The predicted molar refractivity (Wildman–Crippen MR) is 98.0 cm³/mol. The fourth-order valence-electron chi connectivity index (χ4n) is 3.86. The Hall–Kier alpha value is -1.72. The fourth-order valence-corrected chi connectivity index (χ4v) is 16.0.